The van der Waals surface area contributed by atoms with Gasteiger partial charge in [-0.2, -0.15) is 5.10 Å². The molecular formula is C9H11Cl2N3. The van der Waals surface area contributed by atoms with E-state index < -0.39 is 0 Å². The average molecular weight is 232 g/mol. The fourth-order valence-corrected chi connectivity index (χ4v) is 1.93. The summed E-state index contributed by atoms with van der Waals surface area (Å²) in [7, 11) is 0. The van der Waals surface area contributed by atoms with Gasteiger partial charge in [0.1, 0.15) is 0 Å². The van der Waals surface area contributed by atoms with Crippen molar-refractivity contribution in [3.63, 3.8) is 0 Å². The third-order valence-electron chi connectivity index (χ3n) is 2.48. The monoisotopic (exact) mass is 231 g/mol. The van der Waals surface area contributed by atoms with Crippen LogP contribution in [-0.2, 0) is 0 Å². The molecule has 2 heterocycles. The van der Waals surface area contributed by atoms with Crippen LogP contribution in [0.15, 0.2) is 6.07 Å². The highest BCUT2D eigenvalue weighted by atomic mass is 35.5. The summed E-state index contributed by atoms with van der Waals surface area (Å²) < 4.78 is 0. The molecule has 0 aromatic carbocycles. The largest absolute Gasteiger partial charge is 0.317 e. The van der Waals surface area contributed by atoms with Crippen LogP contribution in [0.1, 0.15) is 24.5 Å². The number of nitrogens with zero attached hydrogens (tertiary/aromatic N) is 2. The first-order chi connectivity index (χ1) is 6.77. The zero-order valence-electron chi connectivity index (χ0n) is 7.63. The third kappa shape index (κ3) is 2.16. The first-order valence-corrected chi connectivity index (χ1v) is 5.42. The Balaban J connectivity index is 2.18. The van der Waals surface area contributed by atoms with Crippen molar-refractivity contribution in [2.24, 2.45) is 0 Å². The topological polar surface area (TPSA) is 37.8 Å². The highest BCUT2D eigenvalue weighted by molar-refractivity contribution is 6.41. The molecule has 0 saturated carbocycles. The van der Waals surface area contributed by atoms with Crippen LogP contribution >= 0.6 is 23.2 Å². The van der Waals surface area contributed by atoms with Crippen LogP contribution in [0.2, 0.25) is 10.2 Å². The van der Waals surface area contributed by atoms with Gasteiger partial charge in [0, 0.05) is 5.92 Å². The summed E-state index contributed by atoms with van der Waals surface area (Å²) in [5.74, 6) is 0.471. The molecule has 1 saturated heterocycles. The maximum absolute atomic E-state index is 5.88. The number of nitrogens with one attached hydrogen (secondary N) is 1. The fourth-order valence-electron chi connectivity index (χ4n) is 1.68. The molecule has 14 heavy (non-hydrogen) atoms. The summed E-state index contributed by atoms with van der Waals surface area (Å²) in [5.41, 5.74) is 0.959. The maximum atomic E-state index is 5.88. The first-order valence-electron chi connectivity index (χ1n) is 4.66. The number of piperidine rings is 1. The Morgan fingerprint density at radius 3 is 2.57 bits per heavy atom. The average Bonchev–Trinajstić information content (AvgIpc) is 2.23. The molecule has 2 rings (SSSR count). The highest BCUT2D eigenvalue weighted by Gasteiger charge is 2.17. The van der Waals surface area contributed by atoms with Gasteiger partial charge in [-0.3, -0.25) is 0 Å². The van der Waals surface area contributed by atoms with Gasteiger partial charge < -0.3 is 5.32 Å². The Morgan fingerprint density at radius 2 is 1.93 bits per heavy atom. The van der Waals surface area contributed by atoms with Crippen LogP contribution in [0.25, 0.3) is 0 Å². The summed E-state index contributed by atoms with van der Waals surface area (Å²) in [4.78, 5) is 0. The molecule has 1 N–H and O–H groups in total. The molecule has 5 heteroatoms. The number of rotatable bonds is 1. The molecule has 0 unspecified atom stereocenters. The summed E-state index contributed by atoms with van der Waals surface area (Å²) in [6.45, 7) is 2.07. The molecule has 3 nitrogen and oxygen atoms in total. The molecule has 0 atom stereocenters. The quantitative estimate of drug-likeness (QED) is 0.806. The van der Waals surface area contributed by atoms with Gasteiger partial charge in [0.15, 0.2) is 5.15 Å². The van der Waals surface area contributed by atoms with Gasteiger partial charge in [-0.05, 0) is 32.0 Å². The summed E-state index contributed by atoms with van der Waals surface area (Å²) >= 11 is 11.6. The SMILES string of the molecule is Clc1cc(C2CCNCC2)nnc1Cl. The van der Waals surface area contributed by atoms with Crippen LogP contribution in [-0.4, -0.2) is 23.3 Å². The summed E-state index contributed by atoms with van der Waals surface area (Å²) in [6.07, 6.45) is 2.18. The van der Waals surface area contributed by atoms with Gasteiger partial charge in [-0.25, -0.2) is 0 Å². The molecule has 1 aromatic heterocycles. The van der Waals surface area contributed by atoms with E-state index in [4.69, 9.17) is 23.2 Å². The number of halogens is 2. The van der Waals surface area contributed by atoms with Crippen molar-refractivity contribution in [2.45, 2.75) is 18.8 Å². The molecular weight excluding hydrogens is 221 g/mol. The maximum Gasteiger partial charge on any atom is 0.170 e. The second kappa shape index (κ2) is 4.43. The van der Waals surface area contributed by atoms with E-state index in [1.54, 1.807) is 0 Å². The zero-order chi connectivity index (χ0) is 9.97. The smallest absolute Gasteiger partial charge is 0.170 e. The van der Waals surface area contributed by atoms with Gasteiger partial charge >= 0.3 is 0 Å². The molecule has 1 aliphatic rings. The number of hydrogen-bond donors (Lipinski definition) is 1. The van der Waals surface area contributed by atoms with Crippen molar-refractivity contribution in [1.82, 2.24) is 15.5 Å². The highest BCUT2D eigenvalue weighted by Crippen LogP contribution is 2.27. The van der Waals surface area contributed by atoms with Crippen molar-refractivity contribution >= 4 is 23.2 Å². The van der Waals surface area contributed by atoms with Gasteiger partial charge in [0.05, 0.1) is 10.7 Å². The van der Waals surface area contributed by atoms with Crippen molar-refractivity contribution in [3.05, 3.63) is 21.9 Å². The lowest BCUT2D eigenvalue weighted by Crippen LogP contribution is -2.27. The molecule has 1 fully saturated rings. The van der Waals surface area contributed by atoms with Gasteiger partial charge in [-0.1, -0.05) is 23.2 Å². The van der Waals surface area contributed by atoms with Crippen LogP contribution in [0.4, 0.5) is 0 Å². The Morgan fingerprint density at radius 1 is 1.21 bits per heavy atom. The lowest BCUT2D eigenvalue weighted by molar-refractivity contribution is 0.450. The van der Waals surface area contributed by atoms with Crippen molar-refractivity contribution in [2.75, 3.05) is 13.1 Å². The standard InChI is InChI=1S/C9H11Cl2N3/c10-7-5-8(13-14-9(7)11)6-1-3-12-4-2-6/h5-6,12H,1-4H2. The van der Waals surface area contributed by atoms with E-state index in [9.17, 15) is 0 Å². The van der Waals surface area contributed by atoms with Crippen molar-refractivity contribution < 1.29 is 0 Å². The van der Waals surface area contributed by atoms with Crippen LogP contribution in [0.5, 0.6) is 0 Å². The zero-order valence-corrected chi connectivity index (χ0v) is 9.15. The number of hydrogen-bond acceptors (Lipinski definition) is 3. The summed E-state index contributed by atoms with van der Waals surface area (Å²) in [6, 6.07) is 1.83. The molecule has 1 aliphatic heterocycles. The minimum Gasteiger partial charge on any atom is -0.317 e. The second-order valence-corrected chi connectivity index (χ2v) is 4.20. The molecule has 0 spiro atoms. The van der Waals surface area contributed by atoms with Gasteiger partial charge in [-0.15, -0.1) is 5.10 Å². The Labute approximate surface area is 92.8 Å². The Hall–Kier alpha value is -0.380. The fraction of sp³-hybridized carbons (Fsp3) is 0.556. The van der Waals surface area contributed by atoms with Crippen LogP contribution < -0.4 is 5.32 Å². The van der Waals surface area contributed by atoms with Crippen LogP contribution in [0.3, 0.4) is 0 Å². The number of aromatic nitrogens is 2. The molecule has 76 valence electrons. The first kappa shape index (κ1) is 10.1. The second-order valence-electron chi connectivity index (χ2n) is 3.43. The molecule has 0 radical (unpaired) electrons. The Bertz CT molecular complexity index is 324. The van der Waals surface area contributed by atoms with E-state index in [-0.39, 0.29) is 5.15 Å². The molecule has 0 amide bonds. The van der Waals surface area contributed by atoms with Crippen molar-refractivity contribution in [3.8, 4) is 0 Å². The van der Waals surface area contributed by atoms with E-state index in [1.165, 1.54) is 0 Å². The van der Waals surface area contributed by atoms with E-state index in [2.05, 4.69) is 15.5 Å². The van der Waals surface area contributed by atoms with E-state index in [0.717, 1.165) is 31.6 Å². The predicted octanol–water partition coefficient (Wildman–Crippen LogP) is 2.25. The Kier molecular flexibility index (Phi) is 3.21. The van der Waals surface area contributed by atoms with E-state index in [1.807, 2.05) is 6.07 Å². The summed E-state index contributed by atoms with van der Waals surface area (Å²) in [5, 5.41) is 12.0. The van der Waals surface area contributed by atoms with E-state index >= 15 is 0 Å². The molecule has 0 aliphatic carbocycles. The molecule has 1 aromatic rings. The van der Waals surface area contributed by atoms with Crippen LogP contribution in [0, 0.1) is 0 Å². The molecule has 0 bridgehead atoms. The third-order valence-corrected chi connectivity index (χ3v) is 3.15. The van der Waals surface area contributed by atoms with Crippen molar-refractivity contribution in [1.29, 1.82) is 0 Å². The van der Waals surface area contributed by atoms with Gasteiger partial charge in [0.2, 0.25) is 0 Å². The van der Waals surface area contributed by atoms with E-state index in [0.29, 0.717) is 10.9 Å². The lowest BCUT2D eigenvalue weighted by Gasteiger charge is -2.21. The lowest BCUT2D eigenvalue weighted by atomic mass is 9.94. The minimum absolute atomic E-state index is 0.282. The minimum atomic E-state index is 0.282. The van der Waals surface area contributed by atoms with Gasteiger partial charge in [0.25, 0.3) is 0 Å². The predicted molar refractivity (Wildman–Crippen MR) is 56.9 cm³/mol. The normalized spacial score (nSPS) is 18.4.